The Morgan fingerprint density at radius 1 is 1.13 bits per heavy atom. The lowest BCUT2D eigenvalue weighted by atomic mass is 10.2. The highest BCUT2D eigenvalue weighted by molar-refractivity contribution is 5.15. The Labute approximate surface area is 91.8 Å². The van der Waals surface area contributed by atoms with Gasteiger partial charge in [0, 0.05) is 25.0 Å². The molecule has 0 aromatic heterocycles. The van der Waals surface area contributed by atoms with Gasteiger partial charge in [0.25, 0.3) is 0 Å². The zero-order valence-electron chi connectivity index (χ0n) is 9.43. The maximum atomic E-state index is 2.34. The summed E-state index contributed by atoms with van der Waals surface area (Å²) in [6, 6.07) is 11.2. The van der Waals surface area contributed by atoms with E-state index < -0.39 is 0 Å². The van der Waals surface area contributed by atoms with Crippen LogP contribution in [0.5, 0.6) is 0 Å². The van der Waals surface area contributed by atoms with Gasteiger partial charge in [0.2, 0.25) is 0 Å². The van der Waals surface area contributed by atoms with Crippen LogP contribution < -0.4 is 0 Å². The minimum absolute atomic E-state index is 0.585. The van der Waals surface area contributed by atoms with Crippen molar-refractivity contribution in [1.29, 1.82) is 0 Å². The minimum Gasteiger partial charge on any atom is -0.356 e. The highest BCUT2D eigenvalue weighted by Crippen LogP contribution is 2.13. The molecule has 1 aromatic rings. The van der Waals surface area contributed by atoms with Gasteiger partial charge in [-0.25, -0.2) is 0 Å². The summed E-state index contributed by atoms with van der Waals surface area (Å²) in [4.78, 5) is 4.66. The van der Waals surface area contributed by atoms with Crippen LogP contribution in [0.4, 0.5) is 0 Å². The molecule has 0 saturated carbocycles. The number of benzene rings is 1. The van der Waals surface area contributed by atoms with Crippen LogP contribution in [0.1, 0.15) is 19.4 Å². The Morgan fingerprint density at radius 3 is 2.47 bits per heavy atom. The van der Waals surface area contributed by atoms with Crippen LogP contribution in [0, 0.1) is 0 Å². The molecule has 1 aromatic carbocycles. The van der Waals surface area contributed by atoms with Crippen molar-refractivity contribution in [2.24, 2.45) is 0 Å². The van der Waals surface area contributed by atoms with Crippen LogP contribution >= 0.6 is 0 Å². The van der Waals surface area contributed by atoms with E-state index in [-0.39, 0.29) is 0 Å². The monoisotopic (exact) mass is 202 g/mol. The van der Waals surface area contributed by atoms with Gasteiger partial charge in [-0.2, -0.15) is 0 Å². The lowest BCUT2D eigenvalue weighted by molar-refractivity contribution is 0.226. The standard InChI is InChI=1S/C13H18N2/c1-12(2)15-9-8-14(11-15)10-13-6-4-3-5-7-13/h3-9,12H,10-11H2,1-2H3. The van der Waals surface area contributed by atoms with E-state index in [0.717, 1.165) is 13.2 Å². The summed E-state index contributed by atoms with van der Waals surface area (Å²) in [6.07, 6.45) is 4.35. The molecule has 0 fully saturated rings. The van der Waals surface area contributed by atoms with Crippen molar-refractivity contribution < 1.29 is 0 Å². The summed E-state index contributed by atoms with van der Waals surface area (Å²) in [5.74, 6) is 0. The maximum absolute atomic E-state index is 2.34. The minimum atomic E-state index is 0.585. The van der Waals surface area contributed by atoms with E-state index in [4.69, 9.17) is 0 Å². The van der Waals surface area contributed by atoms with Crippen molar-refractivity contribution in [3.63, 3.8) is 0 Å². The van der Waals surface area contributed by atoms with Crippen molar-refractivity contribution in [2.75, 3.05) is 6.67 Å². The molecule has 2 rings (SSSR count). The summed E-state index contributed by atoms with van der Waals surface area (Å²) >= 11 is 0. The lowest BCUT2D eigenvalue weighted by Gasteiger charge is -2.24. The maximum Gasteiger partial charge on any atom is 0.0899 e. The second-order valence-electron chi connectivity index (χ2n) is 4.28. The van der Waals surface area contributed by atoms with Crippen molar-refractivity contribution >= 4 is 0 Å². The van der Waals surface area contributed by atoms with Gasteiger partial charge >= 0.3 is 0 Å². The third kappa shape index (κ3) is 2.52. The van der Waals surface area contributed by atoms with Gasteiger partial charge in [-0.15, -0.1) is 0 Å². The van der Waals surface area contributed by atoms with Crippen LogP contribution in [-0.4, -0.2) is 22.5 Å². The Hall–Kier alpha value is -1.44. The van der Waals surface area contributed by atoms with Crippen LogP contribution in [0.3, 0.4) is 0 Å². The van der Waals surface area contributed by atoms with Gasteiger partial charge in [0.1, 0.15) is 0 Å². The van der Waals surface area contributed by atoms with Gasteiger partial charge in [0.15, 0.2) is 0 Å². The molecule has 0 unspecified atom stereocenters. The summed E-state index contributed by atoms with van der Waals surface area (Å²) in [5, 5.41) is 0. The molecule has 0 aliphatic carbocycles. The molecule has 0 N–H and O–H groups in total. The molecule has 1 aliphatic rings. The molecule has 15 heavy (non-hydrogen) atoms. The van der Waals surface area contributed by atoms with Crippen molar-refractivity contribution in [3.05, 3.63) is 48.3 Å². The molecule has 2 nitrogen and oxygen atoms in total. The SMILES string of the molecule is CC(C)N1C=CN(Cc2ccccc2)C1. The molecule has 0 radical (unpaired) electrons. The van der Waals surface area contributed by atoms with E-state index in [2.05, 4.69) is 66.4 Å². The summed E-state index contributed by atoms with van der Waals surface area (Å²) in [5.41, 5.74) is 1.37. The topological polar surface area (TPSA) is 6.48 Å². The number of rotatable bonds is 3. The molecule has 0 bridgehead atoms. The highest BCUT2D eigenvalue weighted by Gasteiger charge is 2.14. The normalized spacial score (nSPS) is 15.4. The van der Waals surface area contributed by atoms with Crippen LogP contribution in [0.15, 0.2) is 42.7 Å². The van der Waals surface area contributed by atoms with E-state index in [1.165, 1.54) is 5.56 Å². The van der Waals surface area contributed by atoms with Crippen molar-refractivity contribution in [3.8, 4) is 0 Å². The molecule has 1 aliphatic heterocycles. The molecule has 80 valence electrons. The largest absolute Gasteiger partial charge is 0.356 e. The number of hydrogen-bond acceptors (Lipinski definition) is 2. The van der Waals surface area contributed by atoms with E-state index in [0.29, 0.717) is 6.04 Å². The fraction of sp³-hybridized carbons (Fsp3) is 0.385. The van der Waals surface area contributed by atoms with Crippen LogP contribution in [-0.2, 0) is 6.54 Å². The third-order valence-corrected chi connectivity index (χ3v) is 2.71. The van der Waals surface area contributed by atoms with E-state index in [9.17, 15) is 0 Å². The van der Waals surface area contributed by atoms with Crippen LogP contribution in [0.25, 0.3) is 0 Å². The lowest BCUT2D eigenvalue weighted by Crippen LogP contribution is -2.29. The first kappa shape index (κ1) is 10.1. The van der Waals surface area contributed by atoms with Gasteiger partial charge in [-0.3, -0.25) is 0 Å². The Kier molecular flexibility index (Phi) is 2.95. The predicted octanol–water partition coefficient (Wildman–Crippen LogP) is 2.64. The Bertz CT molecular complexity index is 330. The zero-order chi connectivity index (χ0) is 10.7. The molecule has 0 amide bonds. The fourth-order valence-corrected chi connectivity index (χ4v) is 1.74. The first-order chi connectivity index (χ1) is 7.25. The molecular weight excluding hydrogens is 184 g/mol. The van der Waals surface area contributed by atoms with Crippen LogP contribution in [0.2, 0.25) is 0 Å². The number of nitrogens with zero attached hydrogens (tertiary/aromatic N) is 2. The first-order valence-electron chi connectivity index (χ1n) is 5.48. The van der Waals surface area contributed by atoms with Gasteiger partial charge in [0.05, 0.1) is 6.67 Å². The second-order valence-corrected chi connectivity index (χ2v) is 4.28. The fourth-order valence-electron chi connectivity index (χ4n) is 1.74. The third-order valence-electron chi connectivity index (χ3n) is 2.71. The first-order valence-corrected chi connectivity index (χ1v) is 5.48. The quantitative estimate of drug-likeness (QED) is 0.743. The molecule has 1 heterocycles. The predicted molar refractivity (Wildman–Crippen MR) is 63.0 cm³/mol. The smallest absolute Gasteiger partial charge is 0.0899 e. The van der Waals surface area contributed by atoms with E-state index in [1.54, 1.807) is 0 Å². The summed E-state index contributed by atoms with van der Waals surface area (Å²) in [6.45, 7) is 6.44. The Morgan fingerprint density at radius 2 is 1.87 bits per heavy atom. The van der Waals surface area contributed by atoms with E-state index in [1.807, 2.05) is 0 Å². The molecule has 2 heteroatoms. The summed E-state index contributed by atoms with van der Waals surface area (Å²) in [7, 11) is 0. The molecule has 0 spiro atoms. The van der Waals surface area contributed by atoms with E-state index >= 15 is 0 Å². The zero-order valence-corrected chi connectivity index (χ0v) is 9.43. The van der Waals surface area contributed by atoms with Crippen molar-refractivity contribution in [1.82, 2.24) is 9.80 Å². The second kappa shape index (κ2) is 4.39. The number of hydrogen-bond donors (Lipinski definition) is 0. The molecular formula is C13H18N2. The van der Waals surface area contributed by atoms with Crippen molar-refractivity contribution in [2.45, 2.75) is 26.4 Å². The molecule has 0 saturated heterocycles. The average molecular weight is 202 g/mol. The summed E-state index contributed by atoms with van der Waals surface area (Å²) < 4.78 is 0. The van der Waals surface area contributed by atoms with Gasteiger partial charge in [-0.05, 0) is 19.4 Å². The van der Waals surface area contributed by atoms with Gasteiger partial charge < -0.3 is 9.80 Å². The van der Waals surface area contributed by atoms with Gasteiger partial charge in [-0.1, -0.05) is 30.3 Å². The highest BCUT2D eigenvalue weighted by atomic mass is 15.3. The average Bonchev–Trinajstić information content (AvgIpc) is 2.68. The Balaban J connectivity index is 1.91. The molecule has 0 atom stereocenters.